The third-order valence-electron chi connectivity index (χ3n) is 5.84. The summed E-state index contributed by atoms with van der Waals surface area (Å²) in [6, 6.07) is 15.2. The van der Waals surface area contributed by atoms with Crippen LogP contribution in [-0.2, 0) is 23.8 Å². The number of nitrogens with zero attached hydrogens (tertiary/aromatic N) is 1. The molecule has 196 valence electrons. The van der Waals surface area contributed by atoms with Crippen LogP contribution >= 0.6 is 0 Å². The first kappa shape index (κ1) is 27.6. The molecule has 0 amide bonds. The Labute approximate surface area is 216 Å². The number of esters is 2. The topological polar surface area (TPSA) is 117 Å². The predicted molar refractivity (Wildman–Crippen MR) is 137 cm³/mol. The molecule has 1 aliphatic heterocycles. The van der Waals surface area contributed by atoms with Crippen LogP contribution in [0, 0.1) is 10.1 Å². The van der Waals surface area contributed by atoms with Crippen molar-refractivity contribution in [3.05, 3.63) is 98.4 Å². The van der Waals surface area contributed by atoms with Gasteiger partial charge in [-0.15, -0.1) is 0 Å². The Morgan fingerprint density at radius 3 is 2.19 bits per heavy atom. The largest absolute Gasteiger partial charge is 0.459 e. The molecule has 0 fully saturated rings. The van der Waals surface area contributed by atoms with Crippen molar-refractivity contribution in [2.75, 3.05) is 13.7 Å². The Balaban J connectivity index is 2.03. The van der Waals surface area contributed by atoms with Crippen molar-refractivity contribution in [3.8, 4) is 0 Å². The van der Waals surface area contributed by atoms with Crippen LogP contribution in [-0.4, -0.2) is 36.2 Å². The van der Waals surface area contributed by atoms with E-state index >= 15 is 0 Å². The Hall–Kier alpha value is -3.98. The van der Waals surface area contributed by atoms with Crippen LogP contribution in [0.2, 0.25) is 0 Å². The van der Waals surface area contributed by atoms with E-state index in [1.807, 2.05) is 30.3 Å². The number of nitrogens with one attached hydrogen (secondary N) is 1. The first-order chi connectivity index (χ1) is 17.4. The van der Waals surface area contributed by atoms with Gasteiger partial charge in [0.1, 0.15) is 18.3 Å². The predicted octanol–water partition coefficient (Wildman–Crippen LogP) is 5.10. The maximum atomic E-state index is 13.5. The molecule has 0 bridgehead atoms. The molecule has 2 aromatic carbocycles. The summed E-state index contributed by atoms with van der Waals surface area (Å²) in [6.07, 6.45) is -0.499. The minimum Gasteiger partial charge on any atom is -0.459 e. The molecule has 0 radical (unpaired) electrons. The minimum absolute atomic E-state index is 0.0672. The van der Waals surface area contributed by atoms with Crippen molar-refractivity contribution < 1.29 is 28.7 Å². The number of nitro groups is 1. The number of carbonyl (C=O) groups is 2. The summed E-state index contributed by atoms with van der Waals surface area (Å²) in [4.78, 5) is 37.9. The molecule has 9 heteroatoms. The molecule has 1 N–H and O–H groups in total. The standard InChI is InChI=1S/C28H32N2O7/c1-17-23(26(31)36-16-22(35-6)19-11-8-7-9-12-19)25(20-13-10-14-21(15-20)30(33)34)24(18(2)29-17)27(32)37-28(3,4)5/h7-15,22,25,29H,16H2,1-6H3/t22-,25?/m1/s1. The highest BCUT2D eigenvalue weighted by Crippen LogP contribution is 2.40. The van der Waals surface area contributed by atoms with E-state index in [2.05, 4.69) is 5.32 Å². The second kappa shape index (κ2) is 11.4. The summed E-state index contributed by atoms with van der Waals surface area (Å²) >= 11 is 0. The van der Waals surface area contributed by atoms with E-state index in [-0.39, 0.29) is 23.4 Å². The zero-order chi connectivity index (χ0) is 27.3. The number of non-ortho nitro benzene ring substituents is 1. The number of hydrogen-bond acceptors (Lipinski definition) is 8. The molecular weight excluding hydrogens is 476 g/mol. The number of hydrogen-bond donors (Lipinski definition) is 1. The molecule has 0 saturated carbocycles. The average molecular weight is 509 g/mol. The van der Waals surface area contributed by atoms with Crippen molar-refractivity contribution in [2.45, 2.75) is 52.2 Å². The Morgan fingerprint density at radius 2 is 1.62 bits per heavy atom. The molecule has 1 heterocycles. The van der Waals surface area contributed by atoms with Gasteiger partial charge in [-0.05, 0) is 45.7 Å². The molecular formula is C28H32N2O7. The molecule has 1 unspecified atom stereocenters. The van der Waals surface area contributed by atoms with Gasteiger partial charge in [0.2, 0.25) is 0 Å². The summed E-state index contributed by atoms with van der Waals surface area (Å²) in [5.41, 5.74) is 1.58. The molecule has 0 aromatic heterocycles. The van der Waals surface area contributed by atoms with Crippen LogP contribution in [0.4, 0.5) is 5.69 Å². The highest BCUT2D eigenvalue weighted by Gasteiger charge is 2.39. The summed E-state index contributed by atoms with van der Waals surface area (Å²) in [7, 11) is 1.52. The molecule has 9 nitrogen and oxygen atoms in total. The molecule has 0 aliphatic carbocycles. The van der Waals surface area contributed by atoms with Gasteiger partial charge in [-0.25, -0.2) is 9.59 Å². The third-order valence-corrected chi connectivity index (χ3v) is 5.84. The fraction of sp³-hybridized carbons (Fsp3) is 0.357. The van der Waals surface area contributed by atoms with Crippen LogP contribution in [0.1, 0.15) is 57.8 Å². The molecule has 2 aromatic rings. The zero-order valence-corrected chi connectivity index (χ0v) is 21.9. The van der Waals surface area contributed by atoms with Crippen LogP contribution in [0.15, 0.2) is 77.1 Å². The number of carbonyl (C=O) groups excluding carboxylic acids is 2. The van der Waals surface area contributed by atoms with E-state index in [1.54, 1.807) is 40.7 Å². The van der Waals surface area contributed by atoms with Gasteiger partial charge in [0, 0.05) is 30.6 Å². The van der Waals surface area contributed by atoms with E-state index < -0.39 is 34.5 Å². The lowest BCUT2D eigenvalue weighted by molar-refractivity contribution is -0.384. The van der Waals surface area contributed by atoms with Crippen LogP contribution in [0.5, 0.6) is 0 Å². The van der Waals surface area contributed by atoms with Gasteiger partial charge in [-0.1, -0.05) is 42.5 Å². The second-order valence-corrected chi connectivity index (χ2v) is 9.72. The third kappa shape index (κ3) is 6.62. The lowest BCUT2D eigenvalue weighted by Crippen LogP contribution is -2.35. The lowest BCUT2D eigenvalue weighted by atomic mass is 9.80. The minimum atomic E-state index is -0.943. The van der Waals surface area contributed by atoms with E-state index in [4.69, 9.17) is 14.2 Å². The quantitative estimate of drug-likeness (QED) is 0.297. The van der Waals surface area contributed by atoms with Crippen LogP contribution < -0.4 is 5.32 Å². The molecule has 3 rings (SSSR count). The number of dihydropyridines is 1. The monoisotopic (exact) mass is 508 g/mol. The summed E-state index contributed by atoms with van der Waals surface area (Å²) in [5, 5.41) is 14.6. The highest BCUT2D eigenvalue weighted by molar-refractivity contribution is 6.00. The SMILES string of the molecule is CO[C@H](COC(=O)C1=C(C)NC(C)=C(C(=O)OC(C)(C)C)C1c1cccc([N+](=O)[O-])c1)c1ccccc1. The fourth-order valence-electron chi connectivity index (χ4n) is 4.22. The van der Waals surface area contributed by atoms with Crippen molar-refractivity contribution in [1.82, 2.24) is 5.32 Å². The summed E-state index contributed by atoms with van der Waals surface area (Å²) in [6.45, 7) is 8.55. The Morgan fingerprint density at radius 1 is 1.00 bits per heavy atom. The number of benzene rings is 2. The Kier molecular flexibility index (Phi) is 8.49. The number of methoxy groups -OCH3 is 1. The van der Waals surface area contributed by atoms with E-state index in [0.717, 1.165) is 5.56 Å². The summed E-state index contributed by atoms with van der Waals surface area (Å²) in [5.74, 6) is -2.25. The number of allylic oxidation sites excluding steroid dienone is 2. The normalized spacial score (nSPS) is 16.6. The molecule has 2 atom stereocenters. The maximum absolute atomic E-state index is 13.5. The van der Waals surface area contributed by atoms with Gasteiger partial charge in [-0.2, -0.15) is 0 Å². The van der Waals surface area contributed by atoms with E-state index in [0.29, 0.717) is 17.0 Å². The maximum Gasteiger partial charge on any atom is 0.337 e. The lowest BCUT2D eigenvalue weighted by Gasteiger charge is -2.32. The van der Waals surface area contributed by atoms with Crippen LogP contribution in [0.3, 0.4) is 0 Å². The molecule has 37 heavy (non-hydrogen) atoms. The smallest absolute Gasteiger partial charge is 0.337 e. The number of ether oxygens (including phenoxy) is 3. The van der Waals surface area contributed by atoms with Crippen LogP contribution in [0.25, 0.3) is 0 Å². The van der Waals surface area contributed by atoms with Gasteiger partial charge in [0.15, 0.2) is 0 Å². The average Bonchev–Trinajstić information content (AvgIpc) is 2.83. The summed E-state index contributed by atoms with van der Waals surface area (Å²) < 4.78 is 16.8. The fourth-order valence-corrected chi connectivity index (χ4v) is 4.22. The van der Waals surface area contributed by atoms with Crippen molar-refractivity contribution in [3.63, 3.8) is 0 Å². The first-order valence-corrected chi connectivity index (χ1v) is 11.8. The van der Waals surface area contributed by atoms with Gasteiger partial charge < -0.3 is 19.5 Å². The Bertz CT molecular complexity index is 1240. The second-order valence-electron chi connectivity index (χ2n) is 9.72. The molecule has 0 saturated heterocycles. The zero-order valence-electron chi connectivity index (χ0n) is 21.9. The number of nitro benzene ring substituents is 1. The van der Waals surface area contributed by atoms with Gasteiger partial charge in [0.25, 0.3) is 5.69 Å². The molecule has 0 spiro atoms. The van der Waals surface area contributed by atoms with Crippen molar-refractivity contribution in [1.29, 1.82) is 0 Å². The van der Waals surface area contributed by atoms with E-state index in [9.17, 15) is 19.7 Å². The highest BCUT2D eigenvalue weighted by atomic mass is 16.6. The molecule has 1 aliphatic rings. The van der Waals surface area contributed by atoms with Crippen molar-refractivity contribution in [2.24, 2.45) is 0 Å². The van der Waals surface area contributed by atoms with Gasteiger partial charge in [0.05, 0.1) is 22.0 Å². The van der Waals surface area contributed by atoms with Gasteiger partial charge in [-0.3, -0.25) is 10.1 Å². The number of rotatable bonds is 8. The van der Waals surface area contributed by atoms with Gasteiger partial charge >= 0.3 is 11.9 Å². The first-order valence-electron chi connectivity index (χ1n) is 11.8. The van der Waals surface area contributed by atoms with Crippen molar-refractivity contribution >= 4 is 17.6 Å². The van der Waals surface area contributed by atoms with E-state index in [1.165, 1.54) is 25.3 Å².